The quantitative estimate of drug-likeness (QED) is 0.698. The molecule has 0 bridgehead atoms. The van der Waals surface area contributed by atoms with Crippen LogP contribution in [0.25, 0.3) is 0 Å². The molecule has 1 atom stereocenters. The maximum absolute atomic E-state index is 13.5. The monoisotopic (exact) mass is 461 g/mol. The lowest BCUT2D eigenvalue weighted by molar-refractivity contribution is -0.127. The minimum Gasteiger partial charge on any atom is -0.353 e. The number of amides is 2. The van der Waals surface area contributed by atoms with Crippen LogP contribution in [0.2, 0.25) is 0 Å². The topological polar surface area (TPSA) is 86.8 Å². The summed E-state index contributed by atoms with van der Waals surface area (Å²) in [5, 5.41) is 3.19. The van der Waals surface area contributed by atoms with Gasteiger partial charge in [0.05, 0.1) is 16.2 Å². The second kappa shape index (κ2) is 8.78. The predicted molar refractivity (Wildman–Crippen MR) is 124 cm³/mol. The van der Waals surface area contributed by atoms with E-state index in [-0.39, 0.29) is 35.2 Å². The lowest BCUT2D eigenvalue weighted by Gasteiger charge is -2.32. The molecule has 2 amide bonds. The Labute approximate surface area is 191 Å². The molecule has 32 heavy (non-hydrogen) atoms. The van der Waals surface area contributed by atoms with Crippen LogP contribution in [-0.2, 0) is 25.0 Å². The van der Waals surface area contributed by atoms with Crippen LogP contribution >= 0.6 is 0 Å². The van der Waals surface area contributed by atoms with Gasteiger partial charge in [-0.05, 0) is 63.3 Å². The van der Waals surface area contributed by atoms with Gasteiger partial charge in [-0.15, -0.1) is 0 Å². The van der Waals surface area contributed by atoms with Crippen LogP contribution in [0.5, 0.6) is 0 Å². The minimum absolute atomic E-state index is 0.0147. The standard InChI is InChI=1S/C24H35N3O4S/c1-24(2)20-15-19(12-13-21(20)26(3)23(24)29)32(30,31)27-14-8-9-17(16-27)22(28)25-18-10-6-4-5-7-11-18/h12-13,15,17-18H,4-11,14,16H2,1-3H3,(H,25,28). The maximum atomic E-state index is 13.5. The van der Waals surface area contributed by atoms with Gasteiger partial charge in [-0.1, -0.05) is 25.7 Å². The van der Waals surface area contributed by atoms with Crippen molar-refractivity contribution in [3.05, 3.63) is 23.8 Å². The van der Waals surface area contributed by atoms with Crippen molar-refractivity contribution in [2.45, 2.75) is 81.6 Å². The van der Waals surface area contributed by atoms with E-state index in [4.69, 9.17) is 0 Å². The lowest BCUT2D eigenvalue weighted by atomic mass is 9.86. The molecule has 4 rings (SSSR count). The van der Waals surface area contributed by atoms with E-state index in [0.717, 1.165) is 36.9 Å². The zero-order chi connectivity index (χ0) is 23.1. The number of carbonyl (C=O) groups excluding carboxylic acids is 2. The van der Waals surface area contributed by atoms with E-state index >= 15 is 0 Å². The van der Waals surface area contributed by atoms with Gasteiger partial charge in [0, 0.05) is 31.9 Å². The van der Waals surface area contributed by atoms with Crippen molar-refractivity contribution < 1.29 is 18.0 Å². The fourth-order valence-electron chi connectivity index (χ4n) is 5.38. The molecule has 1 saturated carbocycles. The molecule has 176 valence electrons. The summed E-state index contributed by atoms with van der Waals surface area (Å²) in [6, 6.07) is 5.15. The van der Waals surface area contributed by atoms with Crippen molar-refractivity contribution >= 4 is 27.5 Å². The maximum Gasteiger partial charge on any atom is 0.243 e. The number of anilines is 1. The Kier molecular flexibility index (Phi) is 6.38. The summed E-state index contributed by atoms with van der Waals surface area (Å²) in [4.78, 5) is 27.3. The Balaban J connectivity index is 1.50. The molecule has 1 aromatic carbocycles. The van der Waals surface area contributed by atoms with Crippen LogP contribution in [0, 0.1) is 5.92 Å². The Bertz CT molecular complexity index is 996. The average molecular weight is 462 g/mol. The molecule has 2 heterocycles. The number of piperidine rings is 1. The summed E-state index contributed by atoms with van der Waals surface area (Å²) in [5.74, 6) is -0.380. The summed E-state index contributed by atoms with van der Waals surface area (Å²) in [5.41, 5.74) is 0.711. The number of likely N-dealkylation sites (N-methyl/N-ethyl adjacent to an activating group) is 1. The number of hydrogen-bond donors (Lipinski definition) is 1. The van der Waals surface area contributed by atoms with Gasteiger partial charge in [0.25, 0.3) is 0 Å². The van der Waals surface area contributed by atoms with Crippen LogP contribution in [-0.4, -0.2) is 50.7 Å². The molecular weight excluding hydrogens is 426 g/mol. The second-order valence-electron chi connectivity index (χ2n) is 10.1. The Hall–Kier alpha value is -1.93. The molecule has 8 heteroatoms. The third-order valence-corrected chi connectivity index (χ3v) is 9.30. The number of nitrogens with one attached hydrogen (secondary N) is 1. The summed E-state index contributed by atoms with van der Waals surface area (Å²) in [7, 11) is -2.04. The molecule has 1 unspecified atom stereocenters. The summed E-state index contributed by atoms with van der Waals surface area (Å²) in [6.45, 7) is 4.26. The third-order valence-electron chi connectivity index (χ3n) is 7.44. The highest BCUT2D eigenvalue weighted by molar-refractivity contribution is 7.89. The van der Waals surface area contributed by atoms with Crippen LogP contribution in [0.3, 0.4) is 0 Å². The summed E-state index contributed by atoms with van der Waals surface area (Å²) < 4.78 is 28.4. The smallest absolute Gasteiger partial charge is 0.243 e. The van der Waals surface area contributed by atoms with E-state index in [1.165, 1.54) is 17.1 Å². The molecule has 0 radical (unpaired) electrons. The van der Waals surface area contributed by atoms with E-state index in [1.807, 2.05) is 13.8 Å². The number of hydrogen-bond acceptors (Lipinski definition) is 4. The summed E-state index contributed by atoms with van der Waals surface area (Å²) >= 11 is 0. The fourth-order valence-corrected chi connectivity index (χ4v) is 6.93. The number of nitrogens with zero attached hydrogens (tertiary/aromatic N) is 2. The van der Waals surface area contributed by atoms with Gasteiger partial charge < -0.3 is 10.2 Å². The molecule has 0 aromatic heterocycles. The SMILES string of the molecule is CN1C(=O)C(C)(C)c2cc(S(=O)(=O)N3CCCC(C(=O)NC4CCCCCC4)C3)ccc21. The molecule has 1 aromatic rings. The zero-order valence-corrected chi connectivity index (χ0v) is 20.2. The van der Waals surface area contributed by atoms with E-state index in [2.05, 4.69) is 5.32 Å². The third kappa shape index (κ3) is 4.19. The lowest BCUT2D eigenvalue weighted by Crippen LogP contribution is -2.47. The van der Waals surface area contributed by atoms with Gasteiger partial charge in [-0.2, -0.15) is 4.31 Å². The van der Waals surface area contributed by atoms with E-state index in [1.54, 1.807) is 30.1 Å². The first-order chi connectivity index (χ1) is 15.1. The zero-order valence-electron chi connectivity index (χ0n) is 19.4. The van der Waals surface area contributed by atoms with Crippen molar-refractivity contribution in [2.24, 2.45) is 5.92 Å². The molecule has 2 aliphatic heterocycles. The Morgan fingerprint density at radius 2 is 1.75 bits per heavy atom. The van der Waals surface area contributed by atoms with Crippen LogP contribution in [0.15, 0.2) is 23.1 Å². The molecular formula is C24H35N3O4S. The first kappa shape index (κ1) is 23.2. The van der Waals surface area contributed by atoms with Gasteiger partial charge in [-0.3, -0.25) is 9.59 Å². The van der Waals surface area contributed by atoms with Crippen molar-refractivity contribution in [3.63, 3.8) is 0 Å². The van der Waals surface area contributed by atoms with Crippen molar-refractivity contribution in [1.82, 2.24) is 9.62 Å². The van der Waals surface area contributed by atoms with Crippen molar-refractivity contribution in [2.75, 3.05) is 25.0 Å². The number of carbonyl (C=O) groups is 2. The number of sulfonamides is 1. The van der Waals surface area contributed by atoms with Crippen LogP contribution < -0.4 is 10.2 Å². The van der Waals surface area contributed by atoms with E-state index < -0.39 is 15.4 Å². The normalized spacial score (nSPS) is 24.8. The van der Waals surface area contributed by atoms with Gasteiger partial charge in [-0.25, -0.2) is 8.42 Å². The molecule has 1 saturated heterocycles. The average Bonchev–Trinajstić information content (AvgIpc) is 2.98. The largest absolute Gasteiger partial charge is 0.353 e. The highest BCUT2D eigenvalue weighted by Crippen LogP contribution is 2.42. The number of benzene rings is 1. The van der Waals surface area contributed by atoms with Crippen LogP contribution in [0.1, 0.15) is 70.8 Å². The number of fused-ring (bicyclic) bond motifs is 1. The summed E-state index contributed by atoms with van der Waals surface area (Å²) in [6.07, 6.45) is 8.13. The Morgan fingerprint density at radius 3 is 2.44 bits per heavy atom. The molecule has 2 fully saturated rings. The highest BCUT2D eigenvalue weighted by atomic mass is 32.2. The van der Waals surface area contributed by atoms with Gasteiger partial charge in [0.2, 0.25) is 21.8 Å². The van der Waals surface area contributed by atoms with Gasteiger partial charge in [0.15, 0.2) is 0 Å². The first-order valence-electron chi connectivity index (χ1n) is 11.9. The van der Waals surface area contributed by atoms with Gasteiger partial charge in [0.1, 0.15) is 0 Å². The fraction of sp³-hybridized carbons (Fsp3) is 0.667. The Morgan fingerprint density at radius 1 is 1.06 bits per heavy atom. The molecule has 3 aliphatic rings. The van der Waals surface area contributed by atoms with Crippen LogP contribution in [0.4, 0.5) is 5.69 Å². The van der Waals surface area contributed by atoms with Gasteiger partial charge >= 0.3 is 0 Å². The minimum atomic E-state index is -3.75. The second-order valence-corrected chi connectivity index (χ2v) is 12.0. The predicted octanol–water partition coefficient (Wildman–Crippen LogP) is 3.18. The van der Waals surface area contributed by atoms with E-state index in [0.29, 0.717) is 19.4 Å². The first-order valence-corrected chi connectivity index (χ1v) is 13.3. The molecule has 1 N–H and O–H groups in total. The molecule has 0 spiro atoms. The van der Waals surface area contributed by atoms with Crippen molar-refractivity contribution in [1.29, 1.82) is 0 Å². The van der Waals surface area contributed by atoms with E-state index in [9.17, 15) is 18.0 Å². The molecule has 7 nitrogen and oxygen atoms in total. The molecule has 1 aliphatic carbocycles. The number of rotatable bonds is 4. The highest BCUT2D eigenvalue weighted by Gasteiger charge is 2.43. The van der Waals surface area contributed by atoms with Crippen molar-refractivity contribution in [3.8, 4) is 0 Å².